The lowest BCUT2D eigenvalue weighted by molar-refractivity contribution is -0.137. The number of esters is 1. The number of hydrogen-bond donors (Lipinski definition) is 0. The van der Waals surface area contributed by atoms with Gasteiger partial charge in [0.25, 0.3) is 0 Å². The van der Waals surface area contributed by atoms with E-state index in [1.165, 1.54) is 13.2 Å². The first kappa shape index (κ1) is 21.1. The maximum atomic E-state index is 12.6. The smallest absolute Gasteiger partial charge is 0.417 e. The third kappa shape index (κ3) is 5.68. The van der Waals surface area contributed by atoms with Crippen LogP contribution in [0.15, 0.2) is 42.6 Å². The van der Waals surface area contributed by atoms with Gasteiger partial charge >= 0.3 is 12.1 Å². The summed E-state index contributed by atoms with van der Waals surface area (Å²) in [6.07, 6.45) is -3.95. The SMILES string of the molecule is COC(=O)c1ccccc1CN1CCOC(COc2ccc(C(F)(F)F)cn2)C1. The normalized spacial score (nSPS) is 17.7. The zero-order chi connectivity index (χ0) is 20.9. The van der Waals surface area contributed by atoms with Crippen molar-refractivity contribution in [3.8, 4) is 5.88 Å². The molecule has 156 valence electrons. The van der Waals surface area contributed by atoms with Crippen LogP contribution in [0.25, 0.3) is 0 Å². The monoisotopic (exact) mass is 410 g/mol. The number of halogens is 3. The third-order valence-corrected chi connectivity index (χ3v) is 4.52. The zero-order valence-electron chi connectivity index (χ0n) is 15.8. The van der Waals surface area contributed by atoms with E-state index in [2.05, 4.69) is 9.88 Å². The molecule has 0 saturated carbocycles. The summed E-state index contributed by atoms with van der Waals surface area (Å²) in [4.78, 5) is 17.7. The molecule has 0 radical (unpaired) electrons. The number of pyridine rings is 1. The first-order valence-electron chi connectivity index (χ1n) is 9.03. The molecule has 1 aliphatic rings. The van der Waals surface area contributed by atoms with Gasteiger partial charge in [0.05, 0.1) is 24.8 Å². The second kappa shape index (κ2) is 9.23. The summed E-state index contributed by atoms with van der Waals surface area (Å²) < 4.78 is 53.7. The fourth-order valence-corrected chi connectivity index (χ4v) is 3.04. The van der Waals surface area contributed by atoms with Crippen LogP contribution >= 0.6 is 0 Å². The van der Waals surface area contributed by atoms with Gasteiger partial charge < -0.3 is 14.2 Å². The highest BCUT2D eigenvalue weighted by Gasteiger charge is 2.31. The molecule has 0 aliphatic carbocycles. The van der Waals surface area contributed by atoms with Crippen LogP contribution in [0.1, 0.15) is 21.5 Å². The van der Waals surface area contributed by atoms with Gasteiger partial charge in [-0.25, -0.2) is 9.78 Å². The van der Waals surface area contributed by atoms with E-state index in [4.69, 9.17) is 14.2 Å². The molecule has 1 saturated heterocycles. The number of nitrogens with zero attached hydrogens (tertiary/aromatic N) is 2. The van der Waals surface area contributed by atoms with Crippen LogP contribution in [0.4, 0.5) is 13.2 Å². The molecule has 9 heteroatoms. The molecule has 2 aromatic rings. The molecule has 29 heavy (non-hydrogen) atoms. The summed E-state index contributed by atoms with van der Waals surface area (Å²) in [5.41, 5.74) is 0.544. The number of benzene rings is 1. The molecule has 0 N–H and O–H groups in total. The van der Waals surface area contributed by atoms with Gasteiger partial charge in [0.1, 0.15) is 12.7 Å². The molecule has 1 fully saturated rings. The molecule has 6 nitrogen and oxygen atoms in total. The summed E-state index contributed by atoms with van der Waals surface area (Å²) >= 11 is 0. The van der Waals surface area contributed by atoms with Gasteiger partial charge in [-0.15, -0.1) is 0 Å². The highest BCUT2D eigenvalue weighted by atomic mass is 19.4. The number of carbonyl (C=O) groups excluding carboxylic acids is 1. The Labute approximate surface area is 166 Å². The van der Waals surface area contributed by atoms with E-state index in [1.54, 1.807) is 12.1 Å². The third-order valence-electron chi connectivity index (χ3n) is 4.52. The Hall–Kier alpha value is -2.65. The summed E-state index contributed by atoms with van der Waals surface area (Å²) in [7, 11) is 1.34. The van der Waals surface area contributed by atoms with Crippen molar-refractivity contribution in [2.75, 3.05) is 33.4 Å². The van der Waals surface area contributed by atoms with E-state index < -0.39 is 11.7 Å². The number of methoxy groups -OCH3 is 1. The molecular formula is C20H21F3N2O4. The Morgan fingerprint density at radius 3 is 2.76 bits per heavy atom. The van der Waals surface area contributed by atoms with Crippen molar-refractivity contribution in [1.29, 1.82) is 0 Å². The van der Waals surface area contributed by atoms with Gasteiger partial charge in [0.15, 0.2) is 0 Å². The van der Waals surface area contributed by atoms with Crippen LogP contribution in [0.5, 0.6) is 5.88 Å². The molecular weight excluding hydrogens is 389 g/mol. The van der Waals surface area contributed by atoms with E-state index in [9.17, 15) is 18.0 Å². The average Bonchev–Trinajstić information content (AvgIpc) is 2.72. The van der Waals surface area contributed by atoms with E-state index in [0.29, 0.717) is 31.8 Å². The van der Waals surface area contributed by atoms with Crippen LogP contribution in [0.3, 0.4) is 0 Å². The summed E-state index contributed by atoms with van der Waals surface area (Å²) in [6, 6.07) is 9.36. The number of rotatable bonds is 6. The highest BCUT2D eigenvalue weighted by molar-refractivity contribution is 5.90. The van der Waals surface area contributed by atoms with E-state index in [-0.39, 0.29) is 24.6 Å². The summed E-state index contributed by atoms with van der Waals surface area (Å²) in [5, 5.41) is 0. The Kier molecular flexibility index (Phi) is 6.71. The fraction of sp³-hybridized carbons (Fsp3) is 0.400. The molecule has 2 heterocycles. The Bertz CT molecular complexity index is 827. The van der Waals surface area contributed by atoms with Crippen molar-refractivity contribution < 1.29 is 32.2 Å². The number of morpholine rings is 1. The molecule has 1 aliphatic heterocycles. The number of ether oxygens (including phenoxy) is 3. The lowest BCUT2D eigenvalue weighted by Gasteiger charge is -2.33. The molecule has 1 aromatic heterocycles. The quantitative estimate of drug-likeness (QED) is 0.682. The summed E-state index contributed by atoms with van der Waals surface area (Å²) in [6.45, 7) is 2.42. The topological polar surface area (TPSA) is 60.9 Å². The van der Waals surface area contributed by atoms with Crippen molar-refractivity contribution in [1.82, 2.24) is 9.88 Å². The molecule has 1 aromatic carbocycles. The van der Waals surface area contributed by atoms with Crippen molar-refractivity contribution in [2.24, 2.45) is 0 Å². The first-order chi connectivity index (χ1) is 13.9. The minimum absolute atomic E-state index is 0.106. The first-order valence-corrected chi connectivity index (χ1v) is 9.03. The minimum Gasteiger partial charge on any atom is -0.475 e. The van der Waals surface area contributed by atoms with Crippen molar-refractivity contribution >= 4 is 5.97 Å². The van der Waals surface area contributed by atoms with Gasteiger partial charge in [0.2, 0.25) is 5.88 Å². The predicted octanol–water partition coefficient (Wildman–Crippen LogP) is 3.17. The molecule has 3 rings (SSSR count). The summed E-state index contributed by atoms with van der Waals surface area (Å²) in [5.74, 6) is -0.281. The Morgan fingerprint density at radius 2 is 2.07 bits per heavy atom. The maximum Gasteiger partial charge on any atom is 0.417 e. The highest BCUT2D eigenvalue weighted by Crippen LogP contribution is 2.29. The van der Waals surface area contributed by atoms with Crippen LogP contribution in [-0.4, -0.2) is 55.4 Å². The predicted molar refractivity (Wildman–Crippen MR) is 97.5 cm³/mol. The van der Waals surface area contributed by atoms with Crippen LogP contribution < -0.4 is 4.74 Å². The second-order valence-corrected chi connectivity index (χ2v) is 6.57. The van der Waals surface area contributed by atoms with Crippen molar-refractivity contribution in [2.45, 2.75) is 18.8 Å². The van der Waals surface area contributed by atoms with Gasteiger partial charge in [-0.05, 0) is 17.7 Å². The van der Waals surface area contributed by atoms with E-state index in [0.717, 1.165) is 17.8 Å². The lowest BCUT2D eigenvalue weighted by Crippen LogP contribution is -2.44. The second-order valence-electron chi connectivity index (χ2n) is 6.57. The van der Waals surface area contributed by atoms with Crippen molar-refractivity contribution in [3.05, 3.63) is 59.3 Å². The number of hydrogen-bond acceptors (Lipinski definition) is 6. The number of aromatic nitrogens is 1. The average molecular weight is 410 g/mol. The molecule has 0 amide bonds. The van der Waals surface area contributed by atoms with E-state index >= 15 is 0 Å². The lowest BCUT2D eigenvalue weighted by atomic mass is 10.1. The van der Waals surface area contributed by atoms with Crippen LogP contribution in [-0.2, 0) is 22.2 Å². The van der Waals surface area contributed by atoms with Crippen molar-refractivity contribution in [3.63, 3.8) is 0 Å². The largest absolute Gasteiger partial charge is 0.475 e. The van der Waals surface area contributed by atoms with E-state index in [1.807, 2.05) is 12.1 Å². The maximum absolute atomic E-state index is 12.6. The molecule has 0 spiro atoms. The number of carbonyl (C=O) groups is 1. The Morgan fingerprint density at radius 1 is 1.28 bits per heavy atom. The van der Waals surface area contributed by atoms with Gasteiger partial charge in [-0.1, -0.05) is 18.2 Å². The zero-order valence-corrected chi connectivity index (χ0v) is 15.8. The standard InChI is InChI=1S/C20H21F3N2O4/c1-27-19(26)17-5-3-2-4-14(17)11-25-8-9-28-16(12-25)13-29-18-7-6-15(10-24-18)20(21,22)23/h2-7,10,16H,8-9,11-13H2,1H3. The number of alkyl halides is 3. The van der Waals surface area contributed by atoms with Gasteiger partial charge in [-0.3, -0.25) is 4.90 Å². The molecule has 0 bridgehead atoms. The van der Waals surface area contributed by atoms with Gasteiger partial charge in [-0.2, -0.15) is 13.2 Å². The van der Waals surface area contributed by atoms with Crippen LogP contribution in [0.2, 0.25) is 0 Å². The molecule has 1 atom stereocenters. The van der Waals surface area contributed by atoms with Crippen LogP contribution in [0, 0.1) is 0 Å². The fourth-order valence-electron chi connectivity index (χ4n) is 3.04. The Balaban J connectivity index is 1.55. The molecule has 1 unspecified atom stereocenters. The minimum atomic E-state index is -4.43. The van der Waals surface area contributed by atoms with Gasteiger partial charge in [0, 0.05) is 31.9 Å².